The van der Waals surface area contributed by atoms with Gasteiger partial charge < -0.3 is 0 Å². The third kappa shape index (κ3) is 3.00. The van der Waals surface area contributed by atoms with E-state index >= 15 is 0 Å². The fourth-order valence-corrected chi connectivity index (χ4v) is 4.60. The molecule has 94 valence electrons. The summed E-state index contributed by atoms with van der Waals surface area (Å²) in [5, 5.41) is -0.360. The first-order valence-electron chi connectivity index (χ1n) is 5.05. The molecule has 0 spiro atoms. The zero-order chi connectivity index (χ0) is 12.7. The SMILES string of the molecule is O=S(=O)(Cl)Cc1ccccc1S(=O)(=O)C1CC1. The quantitative estimate of drug-likeness (QED) is 0.793. The van der Waals surface area contributed by atoms with Gasteiger partial charge in [0.15, 0.2) is 9.84 Å². The molecule has 0 aromatic heterocycles. The Balaban J connectivity index is 2.48. The van der Waals surface area contributed by atoms with E-state index in [1.54, 1.807) is 12.1 Å². The van der Waals surface area contributed by atoms with Gasteiger partial charge in [0.2, 0.25) is 9.05 Å². The summed E-state index contributed by atoms with van der Waals surface area (Å²) in [7, 11) is -1.99. The standard InChI is InChI=1S/C10H11ClO4S2/c11-16(12,13)7-8-3-1-2-4-10(8)17(14,15)9-5-6-9/h1-4,9H,5-7H2. The van der Waals surface area contributed by atoms with Crippen molar-refractivity contribution in [3.63, 3.8) is 0 Å². The van der Waals surface area contributed by atoms with E-state index < -0.39 is 24.6 Å². The summed E-state index contributed by atoms with van der Waals surface area (Å²) in [5.41, 5.74) is 0.245. The molecule has 1 saturated carbocycles. The van der Waals surface area contributed by atoms with Crippen LogP contribution in [-0.2, 0) is 24.6 Å². The molecular formula is C10H11ClO4S2. The first-order chi connectivity index (χ1) is 7.81. The van der Waals surface area contributed by atoms with E-state index in [4.69, 9.17) is 10.7 Å². The van der Waals surface area contributed by atoms with Gasteiger partial charge in [-0.25, -0.2) is 16.8 Å². The smallest absolute Gasteiger partial charge is 0.223 e. The van der Waals surface area contributed by atoms with Crippen LogP contribution in [0.5, 0.6) is 0 Å². The molecule has 1 aromatic rings. The second-order valence-corrected chi connectivity index (χ2v) is 9.01. The lowest BCUT2D eigenvalue weighted by atomic mass is 10.2. The zero-order valence-corrected chi connectivity index (χ0v) is 11.2. The Morgan fingerprint density at radius 1 is 1.12 bits per heavy atom. The summed E-state index contributed by atoms with van der Waals surface area (Å²) >= 11 is 0. The minimum atomic E-state index is -3.76. The maximum absolute atomic E-state index is 12.1. The van der Waals surface area contributed by atoms with Crippen molar-refractivity contribution in [2.24, 2.45) is 0 Å². The molecule has 17 heavy (non-hydrogen) atoms. The molecule has 2 rings (SSSR count). The van der Waals surface area contributed by atoms with Crippen molar-refractivity contribution < 1.29 is 16.8 Å². The first kappa shape index (κ1) is 12.9. The van der Waals surface area contributed by atoms with E-state index in [0.717, 1.165) is 0 Å². The van der Waals surface area contributed by atoms with Crippen molar-refractivity contribution in [2.75, 3.05) is 0 Å². The minimum Gasteiger partial charge on any atom is -0.223 e. The Labute approximate surface area is 105 Å². The van der Waals surface area contributed by atoms with Gasteiger partial charge in [-0.3, -0.25) is 0 Å². The van der Waals surface area contributed by atoms with Crippen molar-refractivity contribution in [3.8, 4) is 0 Å². The van der Waals surface area contributed by atoms with E-state index in [2.05, 4.69) is 0 Å². The molecule has 7 heteroatoms. The molecule has 1 fully saturated rings. The highest BCUT2D eigenvalue weighted by molar-refractivity contribution is 8.13. The Morgan fingerprint density at radius 3 is 2.24 bits per heavy atom. The fourth-order valence-electron chi connectivity index (χ4n) is 1.64. The number of hydrogen-bond acceptors (Lipinski definition) is 4. The van der Waals surface area contributed by atoms with Crippen LogP contribution in [0.2, 0.25) is 0 Å². The van der Waals surface area contributed by atoms with Crippen molar-refractivity contribution in [3.05, 3.63) is 29.8 Å². The summed E-state index contributed by atoms with van der Waals surface area (Å²) in [6.07, 6.45) is 1.29. The summed E-state index contributed by atoms with van der Waals surface area (Å²) < 4.78 is 46.2. The lowest BCUT2D eigenvalue weighted by Gasteiger charge is -2.08. The molecule has 0 bridgehead atoms. The highest BCUT2D eigenvalue weighted by Crippen LogP contribution is 2.35. The molecule has 0 atom stereocenters. The number of benzene rings is 1. The van der Waals surface area contributed by atoms with Gasteiger partial charge in [0.25, 0.3) is 0 Å². The average molecular weight is 295 g/mol. The third-order valence-corrected chi connectivity index (χ3v) is 5.91. The van der Waals surface area contributed by atoms with E-state index in [1.807, 2.05) is 0 Å². The lowest BCUT2D eigenvalue weighted by Crippen LogP contribution is -2.11. The predicted molar refractivity (Wildman–Crippen MR) is 65.1 cm³/mol. The van der Waals surface area contributed by atoms with E-state index in [0.29, 0.717) is 12.8 Å². The van der Waals surface area contributed by atoms with Crippen molar-refractivity contribution in [2.45, 2.75) is 28.7 Å². The number of rotatable bonds is 4. The van der Waals surface area contributed by atoms with Gasteiger partial charge in [-0.15, -0.1) is 0 Å². The van der Waals surface area contributed by atoms with E-state index in [-0.39, 0.29) is 15.7 Å². The maximum Gasteiger partial charge on any atom is 0.236 e. The summed E-state index contributed by atoms with van der Waals surface area (Å²) in [5.74, 6) is -0.462. The molecule has 0 aliphatic heterocycles. The number of hydrogen-bond donors (Lipinski definition) is 0. The van der Waals surface area contributed by atoms with Crippen LogP contribution in [0, 0.1) is 0 Å². The Bertz CT molecular complexity index is 630. The van der Waals surface area contributed by atoms with Crippen LogP contribution in [-0.4, -0.2) is 22.1 Å². The van der Waals surface area contributed by atoms with Crippen LogP contribution in [0.25, 0.3) is 0 Å². The lowest BCUT2D eigenvalue weighted by molar-refractivity contribution is 0.594. The van der Waals surface area contributed by atoms with Crippen molar-refractivity contribution >= 4 is 29.6 Å². The predicted octanol–water partition coefficient (Wildman–Crippen LogP) is 1.69. The van der Waals surface area contributed by atoms with Gasteiger partial charge >= 0.3 is 0 Å². The fraction of sp³-hybridized carbons (Fsp3) is 0.400. The Morgan fingerprint density at radius 2 is 1.71 bits per heavy atom. The highest BCUT2D eigenvalue weighted by Gasteiger charge is 2.38. The van der Waals surface area contributed by atoms with E-state index in [1.165, 1.54) is 12.1 Å². The van der Waals surface area contributed by atoms with Crippen molar-refractivity contribution in [1.82, 2.24) is 0 Å². The topological polar surface area (TPSA) is 68.3 Å². The molecule has 1 aliphatic rings. The number of sulfone groups is 1. The Kier molecular flexibility index (Phi) is 3.22. The van der Waals surface area contributed by atoms with Gasteiger partial charge in [-0.05, 0) is 24.5 Å². The van der Waals surface area contributed by atoms with Crippen LogP contribution in [0.15, 0.2) is 29.2 Å². The second-order valence-electron chi connectivity index (χ2n) is 4.04. The van der Waals surface area contributed by atoms with Crippen LogP contribution < -0.4 is 0 Å². The van der Waals surface area contributed by atoms with Gasteiger partial charge in [-0.1, -0.05) is 18.2 Å². The molecular weight excluding hydrogens is 284 g/mol. The second kappa shape index (κ2) is 4.26. The van der Waals surface area contributed by atoms with Crippen LogP contribution >= 0.6 is 10.7 Å². The molecule has 1 aromatic carbocycles. The average Bonchev–Trinajstić information content (AvgIpc) is 2.98. The van der Waals surface area contributed by atoms with Gasteiger partial charge in [0.05, 0.1) is 15.9 Å². The Hall–Kier alpha value is -0.590. The van der Waals surface area contributed by atoms with Crippen LogP contribution in [0.4, 0.5) is 0 Å². The van der Waals surface area contributed by atoms with Gasteiger partial charge in [0, 0.05) is 10.7 Å². The zero-order valence-electron chi connectivity index (χ0n) is 8.84. The molecule has 1 aliphatic carbocycles. The van der Waals surface area contributed by atoms with Gasteiger partial charge in [0.1, 0.15) is 0 Å². The summed E-state index contributed by atoms with van der Waals surface area (Å²) in [4.78, 5) is 0.0896. The normalized spacial score (nSPS) is 17.0. The summed E-state index contributed by atoms with van der Waals surface area (Å²) in [6.45, 7) is 0. The van der Waals surface area contributed by atoms with Gasteiger partial charge in [-0.2, -0.15) is 0 Å². The van der Waals surface area contributed by atoms with Crippen LogP contribution in [0.1, 0.15) is 18.4 Å². The van der Waals surface area contributed by atoms with Crippen molar-refractivity contribution in [1.29, 1.82) is 0 Å². The highest BCUT2D eigenvalue weighted by atomic mass is 35.7. The monoisotopic (exact) mass is 294 g/mol. The first-order valence-corrected chi connectivity index (χ1v) is 9.07. The molecule has 0 heterocycles. The largest absolute Gasteiger partial charge is 0.236 e. The summed E-state index contributed by atoms with van der Waals surface area (Å²) in [6, 6.07) is 6.10. The molecule has 0 radical (unpaired) electrons. The molecule has 0 N–H and O–H groups in total. The molecule has 0 unspecified atom stereocenters. The van der Waals surface area contributed by atoms with E-state index in [9.17, 15) is 16.8 Å². The number of halogens is 1. The minimum absolute atomic E-state index is 0.0896. The molecule has 4 nitrogen and oxygen atoms in total. The molecule has 0 saturated heterocycles. The molecule has 0 amide bonds. The van der Waals surface area contributed by atoms with Crippen LogP contribution in [0.3, 0.4) is 0 Å². The maximum atomic E-state index is 12.1. The third-order valence-electron chi connectivity index (χ3n) is 2.57.